The molecule has 0 aromatic heterocycles. The number of benzene rings is 2. The second-order valence-electron chi connectivity index (χ2n) is 8.73. The third kappa shape index (κ3) is 10.8. The Hall–Kier alpha value is -1.73. The zero-order valence-corrected chi connectivity index (χ0v) is 22.3. The molecule has 0 saturated heterocycles. The van der Waals surface area contributed by atoms with Crippen LogP contribution in [-0.4, -0.2) is 11.4 Å². The van der Waals surface area contributed by atoms with Gasteiger partial charge in [0.05, 0.1) is 22.8 Å². The van der Waals surface area contributed by atoms with E-state index in [1.54, 1.807) is 0 Å². The molecule has 0 aliphatic heterocycles. The number of nitrogens with zero attached hydrogens (tertiary/aromatic N) is 2. The zero-order valence-electron chi connectivity index (χ0n) is 21.3. The first-order valence-corrected chi connectivity index (χ1v) is 13.0. The number of unbranched alkanes of at least 4 members (excludes halogenated alkanes) is 6. The standard InChI is InChI=1S/C30H44N2.Ni/c1-5-9-11-12-13-17-21-30(32-28-23-22-25(7-3)26(8-4)24-28)29(20-10-6-2)31-27-18-15-14-16-19-27;/h14-16,18-19,22-24H,5-13,17,20-21H2,1-4H3;/b31-29+,32-30+;. The molecule has 2 aromatic carbocycles. The molecule has 0 heterocycles. The molecule has 0 bridgehead atoms. The van der Waals surface area contributed by atoms with Gasteiger partial charge in [-0.05, 0) is 73.9 Å². The van der Waals surface area contributed by atoms with Crippen LogP contribution in [0.3, 0.4) is 0 Å². The number of aryl methyl sites for hydroxylation is 2. The van der Waals surface area contributed by atoms with Gasteiger partial charge < -0.3 is 0 Å². The van der Waals surface area contributed by atoms with Gasteiger partial charge in [0, 0.05) is 16.5 Å². The average molecular weight is 491 g/mol. The molecular weight excluding hydrogens is 447 g/mol. The summed E-state index contributed by atoms with van der Waals surface area (Å²) >= 11 is 0. The molecule has 0 atom stereocenters. The second-order valence-corrected chi connectivity index (χ2v) is 8.73. The van der Waals surface area contributed by atoms with E-state index in [4.69, 9.17) is 9.98 Å². The number of aliphatic imine (C=N–C) groups is 2. The van der Waals surface area contributed by atoms with Crippen molar-refractivity contribution in [3.63, 3.8) is 0 Å². The van der Waals surface area contributed by atoms with E-state index in [-0.39, 0.29) is 16.5 Å². The van der Waals surface area contributed by atoms with Crippen molar-refractivity contribution < 1.29 is 16.5 Å². The van der Waals surface area contributed by atoms with Crippen LogP contribution in [0, 0.1) is 0 Å². The predicted molar refractivity (Wildman–Crippen MR) is 143 cm³/mol. The molecule has 33 heavy (non-hydrogen) atoms. The molecule has 2 nitrogen and oxygen atoms in total. The summed E-state index contributed by atoms with van der Waals surface area (Å²) in [7, 11) is 0. The fourth-order valence-electron chi connectivity index (χ4n) is 4.12. The monoisotopic (exact) mass is 490 g/mol. The van der Waals surface area contributed by atoms with Gasteiger partial charge in [-0.2, -0.15) is 0 Å². The Bertz CT molecular complexity index is 840. The molecule has 0 radical (unpaired) electrons. The van der Waals surface area contributed by atoms with Gasteiger partial charge in [0.25, 0.3) is 0 Å². The molecule has 0 amide bonds. The van der Waals surface area contributed by atoms with Crippen LogP contribution in [0.15, 0.2) is 58.5 Å². The number of rotatable bonds is 15. The SMILES string of the molecule is CCCCCCCCC(=N\c1ccc(CC)c(CC)c1)/C(CCCC)=N/c1ccccc1.[Ni]. The third-order valence-corrected chi connectivity index (χ3v) is 6.10. The first-order valence-electron chi connectivity index (χ1n) is 13.0. The molecule has 0 spiro atoms. The van der Waals surface area contributed by atoms with Crippen LogP contribution in [0.2, 0.25) is 0 Å². The van der Waals surface area contributed by atoms with Crippen LogP contribution in [0.5, 0.6) is 0 Å². The van der Waals surface area contributed by atoms with Crippen LogP contribution < -0.4 is 0 Å². The predicted octanol–water partition coefficient (Wildman–Crippen LogP) is 9.59. The Labute approximate surface area is 213 Å². The van der Waals surface area contributed by atoms with Crippen LogP contribution in [-0.2, 0) is 29.3 Å². The van der Waals surface area contributed by atoms with Crippen molar-refractivity contribution in [3.8, 4) is 0 Å². The van der Waals surface area contributed by atoms with Crippen LogP contribution in [0.25, 0.3) is 0 Å². The van der Waals surface area contributed by atoms with E-state index >= 15 is 0 Å². The van der Waals surface area contributed by atoms with E-state index in [1.165, 1.54) is 67.5 Å². The van der Waals surface area contributed by atoms with Gasteiger partial charge in [0.15, 0.2) is 0 Å². The fourth-order valence-corrected chi connectivity index (χ4v) is 4.12. The minimum Gasteiger partial charge on any atom is -0.252 e. The smallest absolute Gasteiger partial charge is 0.0636 e. The Morgan fingerprint density at radius 3 is 1.79 bits per heavy atom. The maximum Gasteiger partial charge on any atom is 0.0636 e. The van der Waals surface area contributed by atoms with Gasteiger partial charge in [0.1, 0.15) is 0 Å². The van der Waals surface area contributed by atoms with Gasteiger partial charge in [0.2, 0.25) is 0 Å². The molecule has 0 aliphatic carbocycles. The summed E-state index contributed by atoms with van der Waals surface area (Å²) in [6.07, 6.45) is 14.2. The second kappa shape index (κ2) is 17.7. The average Bonchev–Trinajstić information content (AvgIpc) is 2.83. The van der Waals surface area contributed by atoms with E-state index < -0.39 is 0 Å². The van der Waals surface area contributed by atoms with Crippen molar-refractivity contribution in [1.82, 2.24) is 0 Å². The van der Waals surface area contributed by atoms with Gasteiger partial charge in [-0.15, -0.1) is 0 Å². The molecule has 0 unspecified atom stereocenters. The number of hydrogen-bond acceptors (Lipinski definition) is 2. The van der Waals surface area contributed by atoms with E-state index in [2.05, 4.69) is 76.2 Å². The van der Waals surface area contributed by atoms with E-state index in [1.807, 2.05) is 0 Å². The van der Waals surface area contributed by atoms with Gasteiger partial charge >= 0.3 is 0 Å². The largest absolute Gasteiger partial charge is 0.252 e. The summed E-state index contributed by atoms with van der Waals surface area (Å²) in [5, 5.41) is 0. The first kappa shape index (κ1) is 29.3. The van der Waals surface area contributed by atoms with E-state index in [0.29, 0.717) is 0 Å². The van der Waals surface area contributed by atoms with Crippen molar-refractivity contribution in [1.29, 1.82) is 0 Å². The number of hydrogen-bond donors (Lipinski definition) is 0. The fraction of sp³-hybridized carbons (Fsp3) is 0.533. The number of para-hydroxylation sites is 1. The summed E-state index contributed by atoms with van der Waals surface area (Å²) < 4.78 is 0. The molecule has 0 saturated carbocycles. The van der Waals surface area contributed by atoms with Crippen molar-refractivity contribution >= 4 is 22.8 Å². The normalized spacial score (nSPS) is 12.0. The Balaban J connectivity index is 0.00000544. The third-order valence-electron chi connectivity index (χ3n) is 6.10. The van der Waals surface area contributed by atoms with Gasteiger partial charge in [-0.3, -0.25) is 9.98 Å². The summed E-state index contributed by atoms with van der Waals surface area (Å²) in [6.45, 7) is 9.00. The molecule has 3 heteroatoms. The Morgan fingerprint density at radius 2 is 1.15 bits per heavy atom. The van der Waals surface area contributed by atoms with Crippen molar-refractivity contribution in [2.75, 3.05) is 0 Å². The first-order chi connectivity index (χ1) is 15.7. The molecule has 2 rings (SSSR count). The topological polar surface area (TPSA) is 24.7 Å². The zero-order chi connectivity index (χ0) is 23.0. The molecule has 2 aromatic rings. The Morgan fingerprint density at radius 1 is 0.576 bits per heavy atom. The van der Waals surface area contributed by atoms with Gasteiger partial charge in [-0.25, -0.2) is 0 Å². The molecule has 0 fully saturated rings. The van der Waals surface area contributed by atoms with Gasteiger partial charge in [-0.1, -0.05) is 90.5 Å². The minimum absolute atomic E-state index is 0. The molecule has 0 aliphatic rings. The summed E-state index contributed by atoms with van der Waals surface area (Å²) in [4.78, 5) is 10.3. The van der Waals surface area contributed by atoms with E-state index in [9.17, 15) is 0 Å². The summed E-state index contributed by atoms with van der Waals surface area (Å²) in [6, 6.07) is 17.1. The molecule has 0 N–H and O–H groups in total. The van der Waals surface area contributed by atoms with Crippen molar-refractivity contribution in [3.05, 3.63) is 59.7 Å². The van der Waals surface area contributed by atoms with Crippen LogP contribution >= 0.6 is 0 Å². The van der Waals surface area contributed by atoms with Crippen molar-refractivity contribution in [2.24, 2.45) is 9.98 Å². The van der Waals surface area contributed by atoms with E-state index in [0.717, 1.165) is 43.5 Å². The minimum atomic E-state index is 0. The van der Waals surface area contributed by atoms with Crippen LogP contribution in [0.4, 0.5) is 11.4 Å². The summed E-state index contributed by atoms with van der Waals surface area (Å²) in [5.41, 5.74) is 7.33. The molecular formula is C30H44N2Ni. The quantitative estimate of drug-likeness (QED) is 0.135. The maximum absolute atomic E-state index is 5.21. The maximum atomic E-state index is 5.21. The van der Waals surface area contributed by atoms with Crippen LogP contribution in [0.1, 0.15) is 103 Å². The summed E-state index contributed by atoms with van der Waals surface area (Å²) in [5.74, 6) is 0. The Kier molecular flexibility index (Phi) is 15.7. The molecule has 184 valence electrons. The van der Waals surface area contributed by atoms with Crippen molar-refractivity contribution in [2.45, 2.75) is 105 Å².